The third-order valence-electron chi connectivity index (χ3n) is 2.22. The van der Waals surface area contributed by atoms with Crippen LogP contribution in [0.25, 0.3) is 0 Å². The summed E-state index contributed by atoms with van der Waals surface area (Å²) in [4.78, 5) is 2.49. The highest BCUT2D eigenvalue weighted by atomic mass is 127. The first kappa shape index (κ1) is 13.3. The van der Waals surface area contributed by atoms with Gasteiger partial charge in [-0.3, -0.25) is 0 Å². The smallest absolute Gasteiger partial charge is 0.0230 e. The number of hydrogen-bond acceptors (Lipinski definition) is 1. The SMILES string of the molecule is CCN(C(CCI)=C(C)C)C(C)C. The number of alkyl halides is 1. The fourth-order valence-electron chi connectivity index (χ4n) is 1.64. The van der Waals surface area contributed by atoms with Crippen LogP contribution in [0.2, 0.25) is 0 Å². The van der Waals surface area contributed by atoms with Crippen LogP contribution in [0.15, 0.2) is 11.3 Å². The molecule has 0 aromatic heterocycles. The summed E-state index contributed by atoms with van der Waals surface area (Å²) in [5.74, 6) is 0. The number of halogens is 1. The van der Waals surface area contributed by atoms with E-state index in [9.17, 15) is 0 Å². The van der Waals surface area contributed by atoms with Crippen molar-refractivity contribution >= 4 is 22.6 Å². The minimum Gasteiger partial charge on any atom is -0.373 e. The van der Waals surface area contributed by atoms with Gasteiger partial charge >= 0.3 is 0 Å². The number of hydrogen-bond donors (Lipinski definition) is 0. The predicted octanol–water partition coefficient (Wildman–Crippen LogP) is 3.84. The Morgan fingerprint density at radius 1 is 1.31 bits per heavy atom. The van der Waals surface area contributed by atoms with Gasteiger partial charge in [0.25, 0.3) is 0 Å². The van der Waals surface area contributed by atoms with Gasteiger partial charge in [0.05, 0.1) is 0 Å². The molecule has 0 aliphatic rings. The van der Waals surface area contributed by atoms with Crippen molar-refractivity contribution < 1.29 is 0 Å². The lowest BCUT2D eigenvalue weighted by Gasteiger charge is -2.31. The van der Waals surface area contributed by atoms with Gasteiger partial charge in [-0.2, -0.15) is 0 Å². The molecule has 0 amide bonds. The van der Waals surface area contributed by atoms with Crippen molar-refractivity contribution in [2.45, 2.75) is 47.1 Å². The van der Waals surface area contributed by atoms with Crippen molar-refractivity contribution in [2.24, 2.45) is 0 Å². The first-order valence-electron chi connectivity index (χ1n) is 5.03. The molecule has 0 spiro atoms. The monoisotopic (exact) mass is 295 g/mol. The second-order valence-corrected chi connectivity index (χ2v) is 4.84. The first-order valence-corrected chi connectivity index (χ1v) is 6.56. The summed E-state index contributed by atoms with van der Waals surface area (Å²) < 4.78 is 1.21. The molecule has 78 valence electrons. The van der Waals surface area contributed by atoms with E-state index in [2.05, 4.69) is 62.1 Å². The van der Waals surface area contributed by atoms with Gasteiger partial charge in [-0.1, -0.05) is 28.2 Å². The molecular weight excluding hydrogens is 273 g/mol. The number of allylic oxidation sites excluding steroid dienone is 2. The molecule has 0 radical (unpaired) electrons. The maximum Gasteiger partial charge on any atom is 0.0230 e. The minimum absolute atomic E-state index is 0.623. The van der Waals surface area contributed by atoms with Crippen molar-refractivity contribution in [1.82, 2.24) is 4.90 Å². The molecule has 0 aliphatic heterocycles. The molecule has 0 saturated heterocycles. The van der Waals surface area contributed by atoms with Gasteiger partial charge in [0.2, 0.25) is 0 Å². The standard InChI is InChI=1S/C11H22IN/c1-6-13(10(4)5)11(7-8-12)9(2)3/h10H,6-8H2,1-5H3. The Bertz CT molecular complexity index is 169. The van der Waals surface area contributed by atoms with E-state index in [4.69, 9.17) is 0 Å². The van der Waals surface area contributed by atoms with Crippen molar-refractivity contribution in [3.05, 3.63) is 11.3 Å². The summed E-state index contributed by atoms with van der Waals surface area (Å²) in [6.07, 6.45) is 1.20. The topological polar surface area (TPSA) is 3.24 Å². The highest BCUT2D eigenvalue weighted by molar-refractivity contribution is 14.1. The molecule has 0 saturated carbocycles. The fraction of sp³-hybridized carbons (Fsp3) is 0.818. The third kappa shape index (κ3) is 4.34. The zero-order valence-electron chi connectivity index (χ0n) is 9.52. The van der Waals surface area contributed by atoms with Crippen LogP contribution in [-0.2, 0) is 0 Å². The Labute approximate surface area is 96.7 Å². The molecular formula is C11H22IN. The van der Waals surface area contributed by atoms with Crippen molar-refractivity contribution in [2.75, 3.05) is 11.0 Å². The Kier molecular flexibility index (Phi) is 6.82. The molecule has 0 aliphatic carbocycles. The second-order valence-electron chi connectivity index (χ2n) is 3.77. The summed E-state index contributed by atoms with van der Waals surface area (Å²) >= 11 is 2.45. The fourth-order valence-corrected chi connectivity index (χ4v) is 2.15. The molecule has 0 heterocycles. The lowest BCUT2D eigenvalue weighted by atomic mass is 10.1. The quantitative estimate of drug-likeness (QED) is 0.550. The van der Waals surface area contributed by atoms with E-state index in [1.165, 1.54) is 22.1 Å². The summed E-state index contributed by atoms with van der Waals surface area (Å²) in [5, 5.41) is 0. The largest absolute Gasteiger partial charge is 0.373 e. The van der Waals surface area contributed by atoms with Crippen LogP contribution in [-0.4, -0.2) is 21.9 Å². The van der Waals surface area contributed by atoms with Gasteiger partial charge in [0, 0.05) is 22.7 Å². The van der Waals surface area contributed by atoms with E-state index >= 15 is 0 Å². The molecule has 13 heavy (non-hydrogen) atoms. The zero-order valence-corrected chi connectivity index (χ0v) is 11.7. The second kappa shape index (κ2) is 6.68. The van der Waals surface area contributed by atoms with E-state index < -0.39 is 0 Å². The third-order valence-corrected chi connectivity index (χ3v) is 2.76. The van der Waals surface area contributed by atoms with Crippen LogP contribution in [0, 0.1) is 0 Å². The van der Waals surface area contributed by atoms with Gasteiger partial charge in [0.1, 0.15) is 0 Å². The lowest BCUT2D eigenvalue weighted by molar-refractivity contribution is 0.288. The molecule has 1 nitrogen and oxygen atoms in total. The van der Waals surface area contributed by atoms with Gasteiger partial charge in [0.15, 0.2) is 0 Å². The average Bonchev–Trinajstić information content (AvgIpc) is 2.03. The summed E-state index contributed by atoms with van der Waals surface area (Å²) in [7, 11) is 0. The van der Waals surface area contributed by atoms with Gasteiger partial charge < -0.3 is 4.90 Å². The molecule has 0 aromatic rings. The average molecular weight is 295 g/mol. The molecule has 0 fully saturated rings. The van der Waals surface area contributed by atoms with E-state index in [1.807, 2.05) is 0 Å². The van der Waals surface area contributed by atoms with Crippen molar-refractivity contribution in [3.63, 3.8) is 0 Å². The van der Waals surface area contributed by atoms with E-state index in [0.29, 0.717) is 6.04 Å². The zero-order chi connectivity index (χ0) is 10.4. The van der Waals surface area contributed by atoms with E-state index in [-0.39, 0.29) is 0 Å². The van der Waals surface area contributed by atoms with Gasteiger partial charge in [-0.25, -0.2) is 0 Å². The highest BCUT2D eigenvalue weighted by Crippen LogP contribution is 2.18. The molecule has 0 atom stereocenters. The molecule has 0 bridgehead atoms. The molecule has 0 aromatic carbocycles. The normalized spacial score (nSPS) is 10.4. The number of rotatable bonds is 5. The van der Waals surface area contributed by atoms with Crippen molar-refractivity contribution in [1.29, 1.82) is 0 Å². The first-order chi connectivity index (χ1) is 6.04. The van der Waals surface area contributed by atoms with Crippen LogP contribution in [0.4, 0.5) is 0 Å². The van der Waals surface area contributed by atoms with Crippen LogP contribution >= 0.6 is 22.6 Å². The molecule has 0 N–H and O–H groups in total. The minimum atomic E-state index is 0.623. The Morgan fingerprint density at radius 2 is 1.85 bits per heavy atom. The number of nitrogens with zero attached hydrogens (tertiary/aromatic N) is 1. The Balaban J connectivity index is 4.61. The summed E-state index contributed by atoms with van der Waals surface area (Å²) in [5.41, 5.74) is 3.00. The Hall–Kier alpha value is 0.270. The molecule has 0 rings (SSSR count). The van der Waals surface area contributed by atoms with Crippen molar-refractivity contribution in [3.8, 4) is 0 Å². The van der Waals surface area contributed by atoms with Crippen LogP contribution in [0.3, 0.4) is 0 Å². The van der Waals surface area contributed by atoms with Crippen LogP contribution < -0.4 is 0 Å². The van der Waals surface area contributed by atoms with E-state index in [0.717, 1.165) is 6.54 Å². The molecule has 0 unspecified atom stereocenters. The highest BCUT2D eigenvalue weighted by Gasteiger charge is 2.11. The Morgan fingerprint density at radius 3 is 2.08 bits per heavy atom. The van der Waals surface area contributed by atoms with Gasteiger partial charge in [-0.15, -0.1) is 0 Å². The predicted molar refractivity (Wildman–Crippen MR) is 69.4 cm³/mol. The maximum absolute atomic E-state index is 2.49. The van der Waals surface area contributed by atoms with Gasteiger partial charge in [-0.05, 0) is 41.0 Å². The summed E-state index contributed by atoms with van der Waals surface area (Å²) in [6, 6.07) is 0.623. The van der Waals surface area contributed by atoms with Crippen LogP contribution in [0.5, 0.6) is 0 Å². The summed E-state index contributed by atoms with van der Waals surface area (Å²) in [6.45, 7) is 12.3. The van der Waals surface area contributed by atoms with Crippen LogP contribution in [0.1, 0.15) is 41.0 Å². The maximum atomic E-state index is 2.49. The lowest BCUT2D eigenvalue weighted by Crippen LogP contribution is -2.30. The molecule has 2 heteroatoms. The van der Waals surface area contributed by atoms with E-state index in [1.54, 1.807) is 0 Å².